The van der Waals surface area contributed by atoms with E-state index in [1.807, 2.05) is 0 Å². The highest BCUT2D eigenvalue weighted by Gasteiger charge is 2.14. The van der Waals surface area contributed by atoms with E-state index in [9.17, 15) is 9.59 Å². The minimum absolute atomic E-state index is 0.145. The summed E-state index contributed by atoms with van der Waals surface area (Å²) in [6, 6.07) is -0.475. The van der Waals surface area contributed by atoms with Gasteiger partial charge in [0.2, 0.25) is 11.8 Å². The number of rotatable bonds is 7. The molecular weight excluding hydrogens is 244 g/mol. The average Bonchev–Trinajstić information content (AvgIpc) is 2.38. The summed E-state index contributed by atoms with van der Waals surface area (Å²) in [4.78, 5) is 22.4. The molecule has 0 aromatic heterocycles. The summed E-state index contributed by atoms with van der Waals surface area (Å²) in [7, 11) is 0. The third-order valence-electron chi connectivity index (χ3n) is 3.34. The number of hydrogen-bond donors (Lipinski definition) is 2. The molecule has 5 nitrogen and oxygen atoms in total. The number of hydrogen-bond acceptors (Lipinski definition) is 3. The van der Waals surface area contributed by atoms with E-state index in [2.05, 4.69) is 10.6 Å². The van der Waals surface area contributed by atoms with Gasteiger partial charge in [-0.1, -0.05) is 19.3 Å². The molecule has 1 unspecified atom stereocenters. The predicted molar refractivity (Wildman–Crippen MR) is 73.7 cm³/mol. The second kappa shape index (κ2) is 8.91. The van der Waals surface area contributed by atoms with Gasteiger partial charge in [0.1, 0.15) is 6.04 Å². The molecule has 2 N–H and O–H groups in total. The fraction of sp³-hybridized carbons (Fsp3) is 0.857. The Hall–Kier alpha value is -1.10. The molecule has 1 atom stereocenters. The molecule has 2 amide bonds. The summed E-state index contributed by atoms with van der Waals surface area (Å²) >= 11 is 0. The number of ether oxygens (including phenoxy) is 1. The minimum Gasteiger partial charge on any atom is -0.378 e. The van der Waals surface area contributed by atoms with Crippen molar-refractivity contribution < 1.29 is 14.3 Å². The number of nitrogens with one attached hydrogen (secondary N) is 2. The normalized spacial score (nSPS) is 17.8. The maximum atomic E-state index is 11.6. The van der Waals surface area contributed by atoms with Crippen molar-refractivity contribution in [3.63, 3.8) is 0 Å². The van der Waals surface area contributed by atoms with Gasteiger partial charge < -0.3 is 15.4 Å². The van der Waals surface area contributed by atoms with Gasteiger partial charge >= 0.3 is 0 Å². The molecule has 0 heterocycles. The van der Waals surface area contributed by atoms with E-state index in [-0.39, 0.29) is 11.8 Å². The van der Waals surface area contributed by atoms with Crippen LogP contribution in [0.1, 0.15) is 52.4 Å². The molecule has 0 aromatic carbocycles. The van der Waals surface area contributed by atoms with Crippen LogP contribution in [0.3, 0.4) is 0 Å². The molecule has 0 bridgehead atoms. The van der Waals surface area contributed by atoms with Crippen molar-refractivity contribution in [1.29, 1.82) is 0 Å². The summed E-state index contributed by atoms with van der Waals surface area (Å²) in [5.74, 6) is -0.337. The Morgan fingerprint density at radius 3 is 2.58 bits per heavy atom. The van der Waals surface area contributed by atoms with Crippen LogP contribution in [-0.4, -0.2) is 37.1 Å². The summed E-state index contributed by atoms with van der Waals surface area (Å²) in [5, 5.41) is 5.34. The third kappa shape index (κ3) is 7.15. The molecule has 19 heavy (non-hydrogen) atoms. The van der Waals surface area contributed by atoms with Gasteiger partial charge in [0.15, 0.2) is 0 Å². The van der Waals surface area contributed by atoms with Gasteiger partial charge in [-0.25, -0.2) is 0 Å². The van der Waals surface area contributed by atoms with E-state index >= 15 is 0 Å². The van der Waals surface area contributed by atoms with Crippen molar-refractivity contribution in [2.75, 3.05) is 13.2 Å². The largest absolute Gasteiger partial charge is 0.378 e. The lowest BCUT2D eigenvalue weighted by Gasteiger charge is -2.22. The number of amides is 2. The molecule has 1 rings (SSSR count). The van der Waals surface area contributed by atoms with Crippen LogP contribution in [0.5, 0.6) is 0 Å². The molecule has 0 aromatic rings. The molecular formula is C14H26N2O3. The van der Waals surface area contributed by atoms with Gasteiger partial charge in [0.25, 0.3) is 0 Å². The Balaban J connectivity index is 2.00. The van der Waals surface area contributed by atoms with E-state index in [4.69, 9.17) is 4.74 Å². The van der Waals surface area contributed by atoms with E-state index in [1.54, 1.807) is 6.92 Å². The Morgan fingerprint density at radius 2 is 1.95 bits per heavy atom. The first kappa shape index (κ1) is 16.0. The SMILES string of the molecule is CC(=O)NC(C)C(=O)NCCCOC1CCCCC1. The monoisotopic (exact) mass is 270 g/mol. The summed E-state index contributed by atoms with van der Waals surface area (Å²) < 4.78 is 5.77. The first-order chi connectivity index (χ1) is 9.09. The van der Waals surface area contributed by atoms with Crippen LogP contribution in [0.4, 0.5) is 0 Å². The minimum atomic E-state index is -0.475. The fourth-order valence-corrected chi connectivity index (χ4v) is 2.29. The van der Waals surface area contributed by atoms with Gasteiger partial charge in [-0.05, 0) is 26.2 Å². The summed E-state index contributed by atoms with van der Waals surface area (Å²) in [6.07, 6.45) is 7.46. The zero-order valence-electron chi connectivity index (χ0n) is 12.0. The lowest BCUT2D eigenvalue weighted by molar-refractivity contribution is -0.127. The molecule has 0 aliphatic heterocycles. The first-order valence-corrected chi connectivity index (χ1v) is 7.26. The van der Waals surface area contributed by atoms with Crippen LogP contribution >= 0.6 is 0 Å². The highest BCUT2D eigenvalue weighted by atomic mass is 16.5. The van der Waals surface area contributed by atoms with Crippen LogP contribution in [0.15, 0.2) is 0 Å². The molecule has 1 aliphatic rings. The quantitative estimate of drug-likeness (QED) is 0.687. The highest BCUT2D eigenvalue weighted by Crippen LogP contribution is 2.20. The fourth-order valence-electron chi connectivity index (χ4n) is 2.29. The van der Waals surface area contributed by atoms with Gasteiger partial charge in [-0.2, -0.15) is 0 Å². The average molecular weight is 270 g/mol. The Morgan fingerprint density at radius 1 is 1.26 bits per heavy atom. The van der Waals surface area contributed by atoms with E-state index in [0.717, 1.165) is 6.42 Å². The van der Waals surface area contributed by atoms with E-state index < -0.39 is 6.04 Å². The van der Waals surface area contributed by atoms with Crippen molar-refractivity contribution >= 4 is 11.8 Å². The Bertz CT molecular complexity index is 288. The van der Waals surface area contributed by atoms with Crippen LogP contribution in [0.25, 0.3) is 0 Å². The molecule has 0 saturated heterocycles. The van der Waals surface area contributed by atoms with E-state index in [1.165, 1.54) is 39.0 Å². The molecule has 1 fully saturated rings. The maximum Gasteiger partial charge on any atom is 0.242 e. The van der Waals surface area contributed by atoms with Gasteiger partial charge in [0, 0.05) is 20.1 Å². The second-order valence-electron chi connectivity index (χ2n) is 5.20. The van der Waals surface area contributed by atoms with Crippen LogP contribution < -0.4 is 10.6 Å². The molecule has 5 heteroatoms. The lowest BCUT2D eigenvalue weighted by atomic mass is 9.98. The molecule has 110 valence electrons. The zero-order valence-corrected chi connectivity index (χ0v) is 12.0. The topological polar surface area (TPSA) is 67.4 Å². The molecule has 0 radical (unpaired) electrons. The Kier molecular flexibility index (Phi) is 7.48. The zero-order chi connectivity index (χ0) is 14.1. The maximum absolute atomic E-state index is 11.6. The van der Waals surface area contributed by atoms with Gasteiger partial charge in [0.05, 0.1) is 6.10 Å². The lowest BCUT2D eigenvalue weighted by Crippen LogP contribution is -2.44. The predicted octanol–water partition coefficient (Wildman–Crippen LogP) is 1.37. The second-order valence-corrected chi connectivity index (χ2v) is 5.20. The van der Waals surface area contributed by atoms with Crippen molar-refractivity contribution in [1.82, 2.24) is 10.6 Å². The number of carbonyl (C=O) groups is 2. The van der Waals surface area contributed by atoms with Crippen molar-refractivity contribution in [2.45, 2.75) is 64.5 Å². The highest BCUT2D eigenvalue weighted by molar-refractivity contribution is 5.86. The summed E-state index contributed by atoms with van der Waals surface area (Å²) in [5.41, 5.74) is 0. The van der Waals surface area contributed by atoms with Gasteiger partial charge in [-0.3, -0.25) is 9.59 Å². The van der Waals surface area contributed by atoms with Crippen LogP contribution in [0.2, 0.25) is 0 Å². The molecule has 1 aliphatic carbocycles. The smallest absolute Gasteiger partial charge is 0.242 e. The van der Waals surface area contributed by atoms with E-state index in [0.29, 0.717) is 19.3 Å². The third-order valence-corrected chi connectivity index (χ3v) is 3.34. The van der Waals surface area contributed by atoms with Crippen molar-refractivity contribution in [2.24, 2.45) is 0 Å². The van der Waals surface area contributed by atoms with Gasteiger partial charge in [-0.15, -0.1) is 0 Å². The van der Waals surface area contributed by atoms with Crippen molar-refractivity contribution in [3.8, 4) is 0 Å². The molecule has 0 spiro atoms. The Labute approximate surface area is 115 Å². The molecule has 1 saturated carbocycles. The van der Waals surface area contributed by atoms with Crippen LogP contribution in [0, 0.1) is 0 Å². The summed E-state index contributed by atoms with van der Waals surface area (Å²) in [6.45, 7) is 4.37. The number of carbonyl (C=O) groups excluding carboxylic acids is 2. The standard InChI is InChI=1S/C14H26N2O3/c1-11(16-12(2)17)14(18)15-9-6-10-19-13-7-4-3-5-8-13/h11,13H,3-10H2,1-2H3,(H,15,18)(H,16,17). The first-order valence-electron chi connectivity index (χ1n) is 7.26. The van der Waals surface area contributed by atoms with Crippen molar-refractivity contribution in [3.05, 3.63) is 0 Å². The van der Waals surface area contributed by atoms with Crippen LogP contribution in [-0.2, 0) is 14.3 Å².